The van der Waals surface area contributed by atoms with Gasteiger partial charge in [0, 0.05) is 6.54 Å². The van der Waals surface area contributed by atoms with Crippen LogP contribution in [-0.4, -0.2) is 39.0 Å². The number of aliphatic hydroxyl groups is 1. The van der Waals surface area contributed by atoms with Crippen molar-refractivity contribution in [3.05, 3.63) is 21.5 Å². The number of nitrogens with one attached hydrogen (secondary N) is 1. The molecule has 1 aliphatic carbocycles. The summed E-state index contributed by atoms with van der Waals surface area (Å²) in [6.07, 6.45) is 3.26. The molecule has 2 N–H and O–H groups in total. The molecule has 0 amide bonds. The van der Waals surface area contributed by atoms with Crippen molar-refractivity contribution in [2.24, 2.45) is 5.92 Å². The quantitative estimate of drug-likeness (QED) is 0.578. The highest BCUT2D eigenvalue weighted by molar-refractivity contribution is 5.39. The zero-order valence-corrected chi connectivity index (χ0v) is 12.0. The number of aryl methyl sites for hydroxylation is 1. The Morgan fingerprint density at radius 2 is 2.25 bits per heavy atom. The summed E-state index contributed by atoms with van der Waals surface area (Å²) < 4.78 is 1.52. The average molecular weight is 282 g/mol. The van der Waals surface area contributed by atoms with E-state index in [0.29, 0.717) is 17.9 Å². The molecule has 0 bridgehead atoms. The number of aliphatic hydroxyl groups excluding tert-OH is 1. The van der Waals surface area contributed by atoms with E-state index in [1.165, 1.54) is 23.9 Å². The first-order valence-electron chi connectivity index (χ1n) is 7.06. The third-order valence-electron chi connectivity index (χ3n) is 3.95. The van der Waals surface area contributed by atoms with Gasteiger partial charge in [-0.1, -0.05) is 6.42 Å². The van der Waals surface area contributed by atoms with Gasteiger partial charge in [0.15, 0.2) is 0 Å². The fourth-order valence-corrected chi connectivity index (χ4v) is 2.54. The summed E-state index contributed by atoms with van der Waals surface area (Å²) in [7, 11) is 0. The van der Waals surface area contributed by atoms with Crippen LogP contribution >= 0.6 is 0 Å². The van der Waals surface area contributed by atoms with Crippen molar-refractivity contribution in [1.29, 1.82) is 0 Å². The summed E-state index contributed by atoms with van der Waals surface area (Å²) in [5.41, 5.74) is 0.923. The van der Waals surface area contributed by atoms with Crippen LogP contribution in [0.2, 0.25) is 0 Å². The van der Waals surface area contributed by atoms with Crippen LogP contribution < -0.4 is 5.32 Å². The van der Waals surface area contributed by atoms with Crippen LogP contribution in [0.1, 0.15) is 30.7 Å². The lowest BCUT2D eigenvalue weighted by Gasteiger charge is -2.26. The number of nitro groups is 1. The maximum atomic E-state index is 10.9. The first kappa shape index (κ1) is 14.9. The Bertz CT molecular complexity index is 482. The fourth-order valence-electron chi connectivity index (χ4n) is 2.54. The lowest BCUT2D eigenvalue weighted by molar-refractivity contribution is -0.386. The van der Waals surface area contributed by atoms with Crippen molar-refractivity contribution in [2.75, 3.05) is 13.1 Å². The van der Waals surface area contributed by atoms with Gasteiger partial charge in [-0.3, -0.25) is 14.8 Å². The first-order valence-corrected chi connectivity index (χ1v) is 7.06. The predicted molar refractivity (Wildman–Crippen MR) is 74.6 cm³/mol. The summed E-state index contributed by atoms with van der Waals surface area (Å²) in [5.74, 6) is 0.747. The lowest BCUT2D eigenvalue weighted by Crippen LogP contribution is -2.35. The lowest BCUT2D eigenvalue weighted by atomic mass is 9.85. The second-order valence-electron chi connectivity index (χ2n) is 5.57. The summed E-state index contributed by atoms with van der Waals surface area (Å²) >= 11 is 0. The maximum Gasteiger partial charge on any atom is 0.312 e. The van der Waals surface area contributed by atoms with E-state index in [2.05, 4.69) is 10.4 Å². The molecule has 7 heteroatoms. The van der Waals surface area contributed by atoms with Crippen LogP contribution in [0.15, 0.2) is 0 Å². The largest absolute Gasteiger partial charge is 0.390 e. The molecule has 1 fully saturated rings. The molecule has 1 heterocycles. The molecule has 1 unspecified atom stereocenters. The minimum absolute atomic E-state index is 0.0413. The summed E-state index contributed by atoms with van der Waals surface area (Å²) in [6.45, 7) is 4.98. The van der Waals surface area contributed by atoms with Crippen molar-refractivity contribution in [2.45, 2.75) is 45.8 Å². The monoisotopic (exact) mass is 282 g/mol. The van der Waals surface area contributed by atoms with Gasteiger partial charge in [-0.05, 0) is 39.2 Å². The molecule has 0 radical (unpaired) electrons. The molecule has 0 aromatic carbocycles. The van der Waals surface area contributed by atoms with E-state index in [0.717, 1.165) is 12.5 Å². The van der Waals surface area contributed by atoms with E-state index in [1.54, 1.807) is 13.8 Å². The van der Waals surface area contributed by atoms with Crippen LogP contribution in [-0.2, 0) is 6.54 Å². The Morgan fingerprint density at radius 3 is 2.75 bits per heavy atom. The van der Waals surface area contributed by atoms with E-state index < -0.39 is 11.0 Å². The zero-order chi connectivity index (χ0) is 14.7. The van der Waals surface area contributed by atoms with Crippen molar-refractivity contribution in [3.8, 4) is 0 Å². The first-order chi connectivity index (χ1) is 9.49. The Hall–Kier alpha value is -1.47. The Morgan fingerprint density at radius 1 is 1.55 bits per heavy atom. The summed E-state index contributed by atoms with van der Waals surface area (Å²) in [5, 5.41) is 28.3. The third-order valence-corrected chi connectivity index (χ3v) is 3.95. The van der Waals surface area contributed by atoms with E-state index in [4.69, 9.17) is 0 Å². The van der Waals surface area contributed by atoms with E-state index in [1.807, 2.05) is 0 Å². The summed E-state index contributed by atoms with van der Waals surface area (Å²) in [6, 6.07) is 0. The SMILES string of the molecule is Cc1nn(CC(O)CNCC2CCC2)c(C)c1[N+](=O)[O-]. The molecule has 0 spiro atoms. The van der Waals surface area contributed by atoms with Crippen molar-refractivity contribution in [3.63, 3.8) is 0 Å². The van der Waals surface area contributed by atoms with Gasteiger partial charge in [-0.2, -0.15) is 5.10 Å². The van der Waals surface area contributed by atoms with Gasteiger partial charge in [-0.15, -0.1) is 0 Å². The average Bonchev–Trinajstić information content (AvgIpc) is 2.57. The van der Waals surface area contributed by atoms with Gasteiger partial charge in [-0.25, -0.2) is 0 Å². The molecule has 0 saturated heterocycles. The van der Waals surface area contributed by atoms with Gasteiger partial charge in [0.05, 0.1) is 17.6 Å². The molecule has 1 saturated carbocycles. The van der Waals surface area contributed by atoms with Gasteiger partial charge in [0.1, 0.15) is 11.4 Å². The molecule has 1 atom stereocenters. The van der Waals surface area contributed by atoms with E-state index in [-0.39, 0.29) is 12.2 Å². The number of hydrogen-bond acceptors (Lipinski definition) is 5. The Labute approximate surface area is 118 Å². The molecule has 1 aliphatic rings. The van der Waals surface area contributed by atoms with Crippen molar-refractivity contribution >= 4 is 5.69 Å². The number of aromatic nitrogens is 2. The van der Waals surface area contributed by atoms with Crippen molar-refractivity contribution in [1.82, 2.24) is 15.1 Å². The summed E-state index contributed by atoms with van der Waals surface area (Å²) in [4.78, 5) is 10.5. The van der Waals surface area contributed by atoms with Crippen LogP contribution in [0.3, 0.4) is 0 Å². The highest BCUT2D eigenvalue weighted by Crippen LogP contribution is 2.25. The minimum Gasteiger partial charge on any atom is -0.390 e. The standard InChI is InChI=1S/C13H22N4O3/c1-9-13(17(19)20)10(2)16(15-9)8-12(18)7-14-6-11-4-3-5-11/h11-12,14,18H,3-8H2,1-2H3. The second-order valence-corrected chi connectivity index (χ2v) is 5.57. The Balaban J connectivity index is 1.85. The number of rotatable bonds is 7. The highest BCUT2D eigenvalue weighted by Gasteiger charge is 2.23. The smallest absolute Gasteiger partial charge is 0.312 e. The molecule has 20 heavy (non-hydrogen) atoms. The van der Waals surface area contributed by atoms with Crippen LogP contribution in [0.25, 0.3) is 0 Å². The fraction of sp³-hybridized carbons (Fsp3) is 0.769. The van der Waals surface area contributed by atoms with E-state index in [9.17, 15) is 15.2 Å². The maximum absolute atomic E-state index is 10.9. The minimum atomic E-state index is -0.590. The van der Waals surface area contributed by atoms with E-state index >= 15 is 0 Å². The highest BCUT2D eigenvalue weighted by atomic mass is 16.6. The predicted octanol–water partition coefficient (Wildman–Crippen LogP) is 1.16. The van der Waals surface area contributed by atoms with Crippen LogP contribution in [0.5, 0.6) is 0 Å². The molecule has 0 aliphatic heterocycles. The topological polar surface area (TPSA) is 93.2 Å². The second kappa shape index (κ2) is 6.32. The molecular weight excluding hydrogens is 260 g/mol. The molecule has 7 nitrogen and oxygen atoms in total. The zero-order valence-electron chi connectivity index (χ0n) is 12.0. The van der Waals surface area contributed by atoms with Crippen molar-refractivity contribution < 1.29 is 10.0 Å². The molecular formula is C13H22N4O3. The number of hydrogen-bond donors (Lipinski definition) is 2. The molecule has 112 valence electrons. The van der Waals surface area contributed by atoms with Gasteiger partial charge >= 0.3 is 5.69 Å². The van der Waals surface area contributed by atoms with Crippen LogP contribution in [0, 0.1) is 29.9 Å². The molecule has 1 aromatic heterocycles. The molecule has 2 rings (SSSR count). The Kier molecular flexibility index (Phi) is 4.72. The molecule has 1 aromatic rings. The third kappa shape index (κ3) is 3.34. The van der Waals surface area contributed by atoms with Crippen LogP contribution in [0.4, 0.5) is 5.69 Å². The number of nitrogens with zero attached hydrogens (tertiary/aromatic N) is 3. The van der Waals surface area contributed by atoms with Gasteiger partial charge in [0.2, 0.25) is 0 Å². The van der Waals surface area contributed by atoms with Gasteiger partial charge in [0.25, 0.3) is 0 Å². The van der Waals surface area contributed by atoms with Gasteiger partial charge < -0.3 is 10.4 Å². The normalized spacial score (nSPS) is 16.9.